The molecule has 0 saturated heterocycles. The van der Waals surface area contributed by atoms with E-state index in [0.717, 1.165) is 35.6 Å². The van der Waals surface area contributed by atoms with Gasteiger partial charge in [-0.15, -0.1) is 21.5 Å². The number of aromatic amines is 1. The van der Waals surface area contributed by atoms with Crippen molar-refractivity contribution in [2.24, 2.45) is 0 Å². The maximum atomic E-state index is 12.9. The molecule has 0 aliphatic carbocycles. The van der Waals surface area contributed by atoms with Gasteiger partial charge in [0.15, 0.2) is 0 Å². The van der Waals surface area contributed by atoms with Crippen molar-refractivity contribution in [2.45, 2.75) is 15.5 Å². The molecule has 0 saturated carbocycles. The molecule has 3 rings (SSSR count). The molecule has 0 radical (unpaired) electrons. The number of Topliss-reactive ketones (excluding diaryl/α,β-unsaturated/α-hetero) is 2. The molecule has 0 bridgehead atoms. The number of carbonyl (C=O) groups excluding carboxylic acids is 2. The van der Waals surface area contributed by atoms with E-state index in [1.165, 1.54) is 12.1 Å². The summed E-state index contributed by atoms with van der Waals surface area (Å²) >= 11 is 0.863. The molecule has 1 N–H and O–H groups in total. The standard InChI is InChI=1S/C14H9FN4O4S2/c15-8-1-4-10(5-2-8)25(22,23)12-6-3-9(24-12)7-11(20)13(21)14-16-18-19-17-14/h1-6H,7H2,(H,16,17,18,19). The maximum absolute atomic E-state index is 12.9. The number of hydrogen-bond donors (Lipinski definition) is 1. The summed E-state index contributed by atoms with van der Waals surface area (Å²) in [5.74, 6) is -2.59. The first-order chi connectivity index (χ1) is 11.9. The van der Waals surface area contributed by atoms with Crippen molar-refractivity contribution in [2.75, 3.05) is 0 Å². The van der Waals surface area contributed by atoms with Crippen LogP contribution in [0.25, 0.3) is 0 Å². The lowest BCUT2D eigenvalue weighted by molar-refractivity contribution is -0.114. The van der Waals surface area contributed by atoms with E-state index in [2.05, 4.69) is 20.6 Å². The van der Waals surface area contributed by atoms with Crippen molar-refractivity contribution in [3.8, 4) is 0 Å². The van der Waals surface area contributed by atoms with Gasteiger partial charge in [0, 0.05) is 11.3 Å². The minimum Gasteiger partial charge on any atom is -0.290 e. The summed E-state index contributed by atoms with van der Waals surface area (Å²) in [6.07, 6.45) is -0.281. The first-order valence-corrected chi connectivity index (χ1v) is 9.08. The van der Waals surface area contributed by atoms with Crippen LogP contribution in [0.4, 0.5) is 4.39 Å². The first kappa shape index (κ1) is 17.0. The molecule has 0 amide bonds. The van der Waals surface area contributed by atoms with Crippen LogP contribution in [0.2, 0.25) is 0 Å². The smallest absolute Gasteiger partial charge is 0.269 e. The molecular weight excluding hydrogens is 371 g/mol. The van der Waals surface area contributed by atoms with Crippen molar-refractivity contribution in [1.82, 2.24) is 20.6 Å². The van der Waals surface area contributed by atoms with Crippen LogP contribution < -0.4 is 0 Å². The Hall–Kier alpha value is -2.79. The molecule has 11 heteroatoms. The molecule has 2 heterocycles. The van der Waals surface area contributed by atoms with Crippen LogP contribution in [0.5, 0.6) is 0 Å². The van der Waals surface area contributed by atoms with Gasteiger partial charge >= 0.3 is 0 Å². The van der Waals surface area contributed by atoms with Crippen molar-refractivity contribution >= 4 is 32.7 Å². The molecule has 128 valence electrons. The topological polar surface area (TPSA) is 123 Å². The number of nitrogens with zero attached hydrogens (tertiary/aromatic N) is 3. The predicted molar refractivity (Wildman–Crippen MR) is 83.4 cm³/mol. The van der Waals surface area contributed by atoms with Gasteiger partial charge in [0.1, 0.15) is 10.0 Å². The molecule has 3 aromatic rings. The van der Waals surface area contributed by atoms with Gasteiger partial charge in [0.05, 0.1) is 4.90 Å². The minimum absolute atomic E-state index is 0.00563. The number of hydrogen-bond acceptors (Lipinski definition) is 8. The summed E-state index contributed by atoms with van der Waals surface area (Å²) < 4.78 is 37.9. The summed E-state index contributed by atoms with van der Waals surface area (Å²) in [5.41, 5.74) is 0. The van der Waals surface area contributed by atoms with Crippen LogP contribution in [0.3, 0.4) is 0 Å². The summed E-state index contributed by atoms with van der Waals surface area (Å²) in [7, 11) is -3.82. The number of tetrazole rings is 1. The molecular formula is C14H9FN4O4S2. The Morgan fingerprint density at radius 2 is 1.84 bits per heavy atom. The Balaban J connectivity index is 1.79. The number of benzene rings is 1. The predicted octanol–water partition coefficient (Wildman–Crippen LogP) is 1.23. The van der Waals surface area contributed by atoms with E-state index in [1.807, 2.05) is 0 Å². The second-order valence-corrected chi connectivity index (χ2v) is 8.19. The number of rotatable bonds is 6. The van der Waals surface area contributed by atoms with Gasteiger partial charge in [-0.25, -0.2) is 12.8 Å². The van der Waals surface area contributed by atoms with Gasteiger partial charge in [0.2, 0.25) is 21.4 Å². The SMILES string of the molecule is O=C(Cc1ccc(S(=O)(=O)c2ccc(F)cc2)s1)C(=O)c1nn[nH]n1. The number of aromatic nitrogens is 4. The van der Waals surface area contributed by atoms with Crippen LogP contribution in [0, 0.1) is 5.82 Å². The molecule has 8 nitrogen and oxygen atoms in total. The Labute approximate surface area is 144 Å². The van der Waals surface area contributed by atoms with Crippen LogP contribution >= 0.6 is 11.3 Å². The van der Waals surface area contributed by atoms with E-state index >= 15 is 0 Å². The average molecular weight is 380 g/mol. The lowest BCUT2D eigenvalue weighted by Gasteiger charge is -2.01. The summed E-state index contributed by atoms with van der Waals surface area (Å²) in [4.78, 5) is 24.0. The normalized spacial score (nSPS) is 11.4. The van der Waals surface area contributed by atoms with Crippen LogP contribution in [0.1, 0.15) is 15.5 Å². The molecule has 0 fully saturated rings. The zero-order valence-corrected chi connectivity index (χ0v) is 14.0. The van der Waals surface area contributed by atoms with E-state index in [-0.39, 0.29) is 21.3 Å². The number of sulfone groups is 1. The molecule has 0 aliphatic rings. The fourth-order valence-corrected chi connectivity index (χ4v) is 4.71. The molecule has 0 aliphatic heterocycles. The number of carbonyl (C=O) groups is 2. The third kappa shape index (κ3) is 3.51. The highest BCUT2D eigenvalue weighted by molar-refractivity contribution is 7.93. The van der Waals surface area contributed by atoms with Crippen molar-refractivity contribution in [3.05, 3.63) is 52.9 Å². The molecule has 0 spiro atoms. The van der Waals surface area contributed by atoms with Crippen LogP contribution in [-0.4, -0.2) is 40.6 Å². The second-order valence-electron chi connectivity index (χ2n) is 4.84. The molecule has 0 atom stereocenters. The van der Waals surface area contributed by atoms with Gasteiger partial charge < -0.3 is 0 Å². The van der Waals surface area contributed by atoms with Crippen LogP contribution in [-0.2, 0) is 21.1 Å². The zero-order valence-electron chi connectivity index (χ0n) is 12.3. The zero-order chi connectivity index (χ0) is 18.0. The molecule has 2 aromatic heterocycles. The van der Waals surface area contributed by atoms with E-state index in [1.54, 1.807) is 0 Å². The van der Waals surface area contributed by atoms with Gasteiger partial charge in [-0.05, 0) is 41.6 Å². The van der Waals surface area contributed by atoms with Crippen molar-refractivity contribution < 1.29 is 22.4 Å². The third-order valence-corrected chi connectivity index (χ3v) is 6.51. The fraction of sp³-hybridized carbons (Fsp3) is 0.0714. The number of thiophene rings is 1. The van der Waals surface area contributed by atoms with Gasteiger partial charge in [0.25, 0.3) is 5.78 Å². The lowest BCUT2D eigenvalue weighted by Crippen LogP contribution is -2.17. The Kier molecular flexibility index (Phi) is 4.51. The molecule has 0 unspecified atom stereocenters. The fourth-order valence-electron chi connectivity index (χ4n) is 1.95. The average Bonchev–Trinajstić information content (AvgIpc) is 3.26. The van der Waals surface area contributed by atoms with Crippen molar-refractivity contribution in [1.29, 1.82) is 0 Å². The lowest BCUT2D eigenvalue weighted by atomic mass is 10.1. The highest BCUT2D eigenvalue weighted by Crippen LogP contribution is 2.28. The van der Waals surface area contributed by atoms with Gasteiger partial charge in [-0.3, -0.25) is 9.59 Å². The number of H-pyrrole nitrogens is 1. The number of ketones is 2. The third-order valence-electron chi connectivity index (χ3n) is 3.16. The van der Waals surface area contributed by atoms with Gasteiger partial charge in [-0.2, -0.15) is 5.21 Å². The number of halogens is 1. The Morgan fingerprint density at radius 3 is 2.48 bits per heavy atom. The first-order valence-electron chi connectivity index (χ1n) is 6.78. The summed E-state index contributed by atoms with van der Waals surface area (Å²) in [6.45, 7) is 0. The largest absolute Gasteiger partial charge is 0.290 e. The molecule has 25 heavy (non-hydrogen) atoms. The number of nitrogens with one attached hydrogen (secondary N) is 1. The minimum atomic E-state index is -3.82. The Morgan fingerprint density at radius 1 is 1.12 bits per heavy atom. The van der Waals surface area contributed by atoms with E-state index < -0.39 is 27.2 Å². The van der Waals surface area contributed by atoms with Crippen molar-refractivity contribution in [3.63, 3.8) is 0 Å². The highest BCUT2D eigenvalue weighted by Gasteiger charge is 2.24. The quantitative estimate of drug-likeness (QED) is 0.387. The molecule has 1 aromatic carbocycles. The van der Waals surface area contributed by atoms with Crippen LogP contribution in [0.15, 0.2) is 45.5 Å². The second kappa shape index (κ2) is 6.61. The maximum Gasteiger partial charge on any atom is 0.269 e. The monoisotopic (exact) mass is 380 g/mol. The van der Waals surface area contributed by atoms with Gasteiger partial charge in [-0.1, -0.05) is 0 Å². The highest BCUT2D eigenvalue weighted by atomic mass is 32.2. The summed E-state index contributed by atoms with van der Waals surface area (Å²) in [5, 5.41) is 12.1. The Bertz CT molecular complexity index is 1030. The van der Waals surface area contributed by atoms with E-state index in [9.17, 15) is 22.4 Å². The summed E-state index contributed by atoms with van der Waals surface area (Å²) in [6, 6.07) is 7.21. The van der Waals surface area contributed by atoms with E-state index in [4.69, 9.17) is 0 Å². The van der Waals surface area contributed by atoms with E-state index in [0.29, 0.717) is 4.88 Å².